The summed E-state index contributed by atoms with van der Waals surface area (Å²) in [6.07, 6.45) is 1.30. The van der Waals surface area contributed by atoms with Crippen LogP contribution in [0.3, 0.4) is 0 Å². The van der Waals surface area contributed by atoms with Crippen molar-refractivity contribution in [3.8, 4) is 0 Å². The molecular formula is C17H20ClN5O3. The van der Waals surface area contributed by atoms with Crippen LogP contribution in [0, 0.1) is 0 Å². The molecule has 2 amide bonds. The molecule has 0 saturated carbocycles. The second kappa shape index (κ2) is 6.62. The molecule has 26 heavy (non-hydrogen) atoms. The molecule has 0 bridgehead atoms. The molecule has 1 saturated heterocycles. The van der Waals surface area contributed by atoms with E-state index in [2.05, 4.69) is 5.32 Å². The first-order valence-electron chi connectivity index (χ1n) is 8.18. The Bertz CT molecular complexity index is 923. The molecule has 2 atom stereocenters. The molecular weight excluding hydrogens is 358 g/mol. The van der Waals surface area contributed by atoms with E-state index in [4.69, 9.17) is 23.2 Å². The predicted octanol–water partition coefficient (Wildman–Crippen LogP) is 0.499. The van der Waals surface area contributed by atoms with E-state index in [-0.39, 0.29) is 34.1 Å². The van der Waals surface area contributed by atoms with Crippen molar-refractivity contribution < 1.29 is 14.4 Å². The van der Waals surface area contributed by atoms with Gasteiger partial charge in [-0.3, -0.25) is 19.1 Å². The van der Waals surface area contributed by atoms with E-state index in [1.54, 1.807) is 4.90 Å². The molecule has 138 valence electrons. The number of piperazine rings is 1. The Morgan fingerprint density at radius 3 is 2.58 bits per heavy atom. The number of amides is 2. The number of benzene rings is 1. The molecule has 8 nitrogen and oxygen atoms in total. The van der Waals surface area contributed by atoms with Crippen LogP contribution >= 0.6 is 11.6 Å². The minimum atomic E-state index is -1.09. The van der Waals surface area contributed by atoms with Crippen LogP contribution in [0.25, 0.3) is 10.9 Å². The summed E-state index contributed by atoms with van der Waals surface area (Å²) in [6, 6.07) is 3.17. The number of fused-ring (bicyclic) bond motifs is 1. The van der Waals surface area contributed by atoms with Crippen molar-refractivity contribution in [1.29, 1.82) is 0 Å². The Labute approximate surface area is 155 Å². The zero-order chi connectivity index (χ0) is 19.2. The quantitative estimate of drug-likeness (QED) is 0.408. The predicted molar refractivity (Wildman–Crippen MR) is 98.6 cm³/mol. The second-order valence-corrected chi connectivity index (χ2v) is 7.02. The van der Waals surface area contributed by atoms with Gasteiger partial charge in [-0.1, -0.05) is 11.6 Å². The van der Waals surface area contributed by atoms with Crippen molar-refractivity contribution in [2.45, 2.75) is 25.9 Å². The third kappa shape index (κ3) is 3.02. The summed E-state index contributed by atoms with van der Waals surface area (Å²) in [4.78, 5) is 38.1. The number of Topliss-reactive ketones (excluding diaryl/α,β-unsaturated/α-hetero) is 1. The first-order valence-corrected chi connectivity index (χ1v) is 8.56. The van der Waals surface area contributed by atoms with E-state index in [9.17, 15) is 14.4 Å². The molecule has 0 spiro atoms. The molecule has 1 aliphatic rings. The first-order chi connectivity index (χ1) is 12.2. The SMILES string of the molecule is C[C@@H]1CN[C@@H](C)CN1C(=O)c1cc2c(C(=O)C(N)=O)cn(N)c2cc1Cl. The van der Waals surface area contributed by atoms with Crippen LogP contribution in [-0.4, -0.2) is 52.3 Å². The van der Waals surface area contributed by atoms with Gasteiger partial charge < -0.3 is 21.8 Å². The molecule has 1 aromatic carbocycles. The maximum Gasteiger partial charge on any atom is 0.289 e. The number of carbonyl (C=O) groups excluding carboxylic acids is 3. The lowest BCUT2D eigenvalue weighted by Crippen LogP contribution is -2.56. The van der Waals surface area contributed by atoms with Gasteiger partial charge in [-0.2, -0.15) is 0 Å². The van der Waals surface area contributed by atoms with E-state index in [0.717, 1.165) is 0 Å². The monoisotopic (exact) mass is 377 g/mol. The average Bonchev–Trinajstić information content (AvgIpc) is 2.91. The van der Waals surface area contributed by atoms with E-state index in [1.165, 1.54) is 23.0 Å². The summed E-state index contributed by atoms with van der Waals surface area (Å²) in [5.74, 6) is 3.64. The van der Waals surface area contributed by atoms with Crippen LogP contribution in [0.15, 0.2) is 18.3 Å². The van der Waals surface area contributed by atoms with Crippen LogP contribution in [0.5, 0.6) is 0 Å². The van der Waals surface area contributed by atoms with Gasteiger partial charge >= 0.3 is 0 Å². The fourth-order valence-corrected chi connectivity index (χ4v) is 3.45. The van der Waals surface area contributed by atoms with E-state index in [1.807, 2.05) is 13.8 Å². The van der Waals surface area contributed by atoms with Crippen molar-refractivity contribution in [2.24, 2.45) is 5.73 Å². The lowest BCUT2D eigenvalue weighted by molar-refractivity contribution is -0.114. The largest absolute Gasteiger partial charge is 0.363 e. The molecule has 0 radical (unpaired) electrons. The first kappa shape index (κ1) is 18.2. The number of hydrogen-bond donors (Lipinski definition) is 3. The smallest absolute Gasteiger partial charge is 0.289 e. The van der Waals surface area contributed by atoms with Crippen LogP contribution in [0.2, 0.25) is 5.02 Å². The second-order valence-electron chi connectivity index (χ2n) is 6.61. The Balaban J connectivity index is 2.10. The molecule has 5 N–H and O–H groups in total. The minimum Gasteiger partial charge on any atom is -0.363 e. The summed E-state index contributed by atoms with van der Waals surface area (Å²) in [7, 11) is 0. The van der Waals surface area contributed by atoms with Gasteiger partial charge in [-0.25, -0.2) is 0 Å². The maximum atomic E-state index is 13.0. The van der Waals surface area contributed by atoms with Gasteiger partial charge in [0.2, 0.25) is 0 Å². The normalized spacial score (nSPS) is 20.3. The fourth-order valence-electron chi connectivity index (χ4n) is 3.21. The van der Waals surface area contributed by atoms with Crippen molar-refractivity contribution in [3.05, 3.63) is 34.5 Å². The Morgan fingerprint density at radius 2 is 1.92 bits per heavy atom. The van der Waals surface area contributed by atoms with E-state index < -0.39 is 11.7 Å². The molecule has 0 aliphatic carbocycles. The van der Waals surface area contributed by atoms with Crippen molar-refractivity contribution in [2.75, 3.05) is 18.9 Å². The number of primary amides is 1. The van der Waals surface area contributed by atoms with Gasteiger partial charge in [0.1, 0.15) is 0 Å². The number of halogens is 1. The number of nitrogens with one attached hydrogen (secondary N) is 1. The molecule has 2 heterocycles. The highest BCUT2D eigenvalue weighted by Gasteiger charge is 2.29. The Morgan fingerprint density at radius 1 is 1.23 bits per heavy atom. The average molecular weight is 378 g/mol. The topological polar surface area (TPSA) is 123 Å². The van der Waals surface area contributed by atoms with Gasteiger partial charge in [0.05, 0.1) is 21.7 Å². The lowest BCUT2D eigenvalue weighted by atomic mass is 10.0. The summed E-state index contributed by atoms with van der Waals surface area (Å²) in [5, 5.41) is 3.90. The number of hydrogen-bond acceptors (Lipinski definition) is 5. The van der Waals surface area contributed by atoms with Crippen molar-refractivity contribution >= 4 is 40.1 Å². The maximum absolute atomic E-state index is 13.0. The number of rotatable bonds is 3. The van der Waals surface area contributed by atoms with Crippen LogP contribution in [0.1, 0.15) is 34.6 Å². The molecule has 9 heteroatoms. The highest BCUT2D eigenvalue weighted by Crippen LogP contribution is 2.29. The number of carbonyl (C=O) groups is 3. The fraction of sp³-hybridized carbons (Fsp3) is 0.353. The third-order valence-electron chi connectivity index (χ3n) is 4.65. The number of nitrogens with two attached hydrogens (primary N) is 2. The molecule has 0 unspecified atom stereocenters. The summed E-state index contributed by atoms with van der Waals surface area (Å²) >= 11 is 6.32. The molecule has 2 aromatic rings. The lowest BCUT2D eigenvalue weighted by Gasteiger charge is -2.37. The Hall–Kier alpha value is -2.58. The summed E-state index contributed by atoms with van der Waals surface area (Å²) in [5.41, 5.74) is 5.83. The van der Waals surface area contributed by atoms with Gasteiger partial charge in [0.25, 0.3) is 17.6 Å². The zero-order valence-electron chi connectivity index (χ0n) is 14.5. The van der Waals surface area contributed by atoms with Crippen LogP contribution < -0.4 is 16.9 Å². The molecule has 3 rings (SSSR count). The Kier molecular flexibility index (Phi) is 4.64. The standard InChI is InChI=1S/C17H20ClN5O3/c1-8-6-22(9(2)5-21-8)17(26)11-3-10-12(15(24)16(19)25)7-23(20)14(10)4-13(11)18/h3-4,7-9,21H,5-6,20H2,1-2H3,(H2,19,25)/t8-,9+/m0/s1. The number of ketones is 1. The van der Waals surface area contributed by atoms with Crippen molar-refractivity contribution in [1.82, 2.24) is 14.9 Å². The van der Waals surface area contributed by atoms with Gasteiger partial charge in [0, 0.05) is 36.8 Å². The van der Waals surface area contributed by atoms with Crippen LogP contribution in [-0.2, 0) is 4.79 Å². The number of nitrogen functional groups attached to an aromatic ring is 1. The van der Waals surface area contributed by atoms with Crippen LogP contribution in [0.4, 0.5) is 0 Å². The molecule has 1 fully saturated rings. The molecule has 1 aromatic heterocycles. The minimum absolute atomic E-state index is 0.00343. The highest BCUT2D eigenvalue weighted by molar-refractivity contribution is 6.44. The third-order valence-corrected chi connectivity index (χ3v) is 4.96. The summed E-state index contributed by atoms with van der Waals surface area (Å²) in [6.45, 7) is 5.16. The highest BCUT2D eigenvalue weighted by atomic mass is 35.5. The van der Waals surface area contributed by atoms with Gasteiger partial charge in [-0.15, -0.1) is 0 Å². The van der Waals surface area contributed by atoms with Crippen molar-refractivity contribution in [3.63, 3.8) is 0 Å². The van der Waals surface area contributed by atoms with Gasteiger partial charge in [-0.05, 0) is 26.0 Å². The van der Waals surface area contributed by atoms with E-state index in [0.29, 0.717) is 24.0 Å². The summed E-state index contributed by atoms with van der Waals surface area (Å²) < 4.78 is 1.18. The number of aromatic nitrogens is 1. The van der Waals surface area contributed by atoms with Gasteiger partial charge in [0.15, 0.2) is 0 Å². The molecule has 1 aliphatic heterocycles. The zero-order valence-corrected chi connectivity index (χ0v) is 15.2. The number of nitrogens with zero attached hydrogens (tertiary/aromatic N) is 2. The van der Waals surface area contributed by atoms with E-state index >= 15 is 0 Å².